The Labute approximate surface area is 114 Å². The van der Waals surface area contributed by atoms with Gasteiger partial charge in [0.15, 0.2) is 0 Å². The van der Waals surface area contributed by atoms with Crippen LogP contribution >= 0.6 is 0 Å². The predicted molar refractivity (Wildman–Crippen MR) is 73.1 cm³/mol. The topological polar surface area (TPSA) is 81.2 Å². The molecule has 0 unspecified atom stereocenters. The summed E-state index contributed by atoms with van der Waals surface area (Å²) in [6.45, 7) is 3.65. The molecule has 1 saturated carbocycles. The molecular weight excluding hydrogens is 264 g/mol. The van der Waals surface area contributed by atoms with Crippen LogP contribution < -0.4 is 5.73 Å². The molecule has 108 valence electrons. The van der Waals surface area contributed by atoms with Gasteiger partial charge in [0.1, 0.15) is 4.90 Å². The summed E-state index contributed by atoms with van der Waals surface area (Å²) < 4.78 is 28.4. The van der Waals surface area contributed by atoms with Gasteiger partial charge < -0.3 is 5.73 Å². The summed E-state index contributed by atoms with van der Waals surface area (Å²) >= 11 is 0. The number of nitrogens with two attached hydrogens (primary N) is 1. The second-order valence-electron chi connectivity index (χ2n) is 4.93. The molecule has 0 spiro atoms. The lowest BCUT2D eigenvalue weighted by atomic mass is 10.3. The lowest BCUT2D eigenvalue weighted by molar-refractivity contribution is 0.395. The number of sulfonamides is 1. The average molecular weight is 286 g/mol. The van der Waals surface area contributed by atoms with E-state index in [2.05, 4.69) is 12.0 Å². The van der Waals surface area contributed by atoms with E-state index in [1.807, 2.05) is 0 Å². The summed E-state index contributed by atoms with van der Waals surface area (Å²) in [5, 5.41) is 4.05. The maximum absolute atomic E-state index is 12.6. The number of hydrogen-bond donors (Lipinski definition) is 1. The first-order chi connectivity index (χ1) is 9.09. The van der Waals surface area contributed by atoms with Gasteiger partial charge in [-0.05, 0) is 19.3 Å². The van der Waals surface area contributed by atoms with Crippen molar-refractivity contribution in [3.05, 3.63) is 12.4 Å². The number of unbranched alkanes of at least 4 members (excludes halogenated alkanes) is 1. The third kappa shape index (κ3) is 3.34. The zero-order valence-electron chi connectivity index (χ0n) is 11.3. The second kappa shape index (κ2) is 6.02. The van der Waals surface area contributed by atoms with Gasteiger partial charge >= 0.3 is 0 Å². The fraction of sp³-hybridized carbons (Fsp3) is 0.750. The van der Waals surface area contributed by atoms with E-state index in [0.717, 1.165) is 25.7 Å². The number of rotatable bonds is 8. The van der Waals surface area contributed by atoms with Crippen LogP contribution in [-0.4, -0.2) is 41.6 Å². The highest BCUT2D eigenvalue weighted by Crippen LogP contribution is 2.32. The van der Waals surface area contributed by atoms with Gasteiger partial charge in [0.05, 0.1) is 12.7 Å². The van der Waals surface area contributed by atoms with Crippen LogP contribution in [0.25, 0.3) is 0 Å². The first kappa shape index (κ1) is 14.5. The van der Waals surface area contributed by atoms with E-state index >= 15 is 0 Å². The highest BCUT2D eigenvalue weighted by molar-refractivity contribution is 7.89. The van der Waals surface area contributed by atoms with E-state index in [4.69, 9.17) is 5.73 Å². The molecule has 0 radical (unpaired) electrons. The third-order valence-electron chi connectivity index (χ3n) is 3.26. The zero-order chi connectivity index (χ0) is 13.9. The standard InChI is InChI=1S/C12H22N4O2S/c1-2-3-7-16(11-4-5-11)19(17,18)12-9-14-15(10-12)8-6-13/h9-11H,2-8,13H2,1H3. The van der Waals surface area contributed by atoms with Crippen LogP contribution in [0.4, 0.5) is 0 Å². The Morgan fingerprint density at radius 2 is 2.26 bits per heavy atom. The van der Waals surface area contributed by atoms with Crippen LogP contribution in [-0.2, 0) is 16.6 Å². The van der Waals surface area contributed by atoms with Crippen molar-refractivity contribution in [3.63, 3.8) is 0 Å². The molecule has 0 aromatic carbocycles. The molecule has 6 nitrogen and oxygen atoms in total. The minimum absolute atomic E-state index is 0.189. The Kier molecular flexibility index (Phi) is 4.59. The van der Waals surface area contributed by atoms with Crippen LogP contribution in [0.3, 0.4) is 0 Å². The van der Waals surface area contributed by atoms with Crippen LogP contribution in [0, 0.1) is 0 Å². The van der Waals surface area contributed by atoms with Crippen molar-refractivity contribution in [1.29, 1.82) is 0 Å². The number of hydrogen-bond acceptors (Lipinski definition) is 4. The smallest absolute Gasteiger partial charge is 0.246 e. The molecule has 1 aromatic rings. The summed E-state index contributed by atoms with van der Waals surface area (Å²) in [7, 11) is -3.40. The van der Waals surface area contributed by atoms with E-state index in [1.165, 1.54) is 6.20 Å². The van der Waals surface area contributed by atoms with E-state index < -0.39 is 10.0 Å². The predicted octanol–water partition coefficient (Wildman–Crippen LogP) is 0.795. The Hall–Kier alpha value is -0.920. The average Bonchev–Trinajstić information content (AvgIpc) is 3.08. The minimum atomic E-state index is -3.40. The van der Waals surface area contributed by atoms with Gasteiger partial charge in [0.25, 0.3) is 0 Å². The van der Waals surface area contributed by atoms with Crippen molar-refractivity contribution in [2.75, 3.05) is 13.1 Å². The van der Waals surface area contributed by atoms with Crippen LogP contribution in [0.2, 0.25) is 0 Å². The molecule has 19 heavy (non-hydrogen) atoms. The van der Waals surface area contributed by atoms with Gasteiger partial charge in [-0.15, -0.1) is 0 Å². The molecule has 1 aliphatic carbocycles. The maximum Gasteiger partial charge on any atom is 0.246 e. The van der Waals surface area contributed by atoms with E-state index in [-0.39, 0.29) is 10.9 Å². The van der Waals surface area contributed by atoms with E-state index in [1.54, 1.807) is 15.2 Å². The molecule has 1 aliphatic rings. The number of nitrogens with zero attached hydrogens (tertiary/aromatic N) is 3. The highest BCUT2D eigenvalue weighted by atomic mass is 32.2. The van der Waals surface area contributed by atoms with Crippen molar-refractivity contribution < 1.29 is 8.42 Å². The molecule has 2 N–H and O–H groups in total. The van der Waals surface area contributed by atoms with Crippen LogP contribution in [0.5, 0.6) is 0 Å². The monoisotopic (exact) mass is 286 g/mol. The molecule has 1 heterocycles. The molecule has 1 fully saturated rings. The van der Waals surface area contributed by atoms with E-state index in [0.29, 0.717) is 19.6 Å². The summed E-state index contributed by atoms with van der Waals surface area (Å²) in [6.07, 6.45) is 6.83. The van der Waals surface area contributed by atoms with Gasteiger partial charge in [0, 0.05) is 25.3 Å². The summed E-state index contributed by atoms with van der Waals surface area (Å²) in [6, 6.07) is 0.189. The third-order valence-corrected chi connectivity index (χ3v) is 5.17. The quantitative estimate of drug-likeness (QED) is 0.766. The van der Waals surface area contributed by atoms with Crippen molar-refractivity contribution >= 4 is 10.0 Å². The van der Waals surface area contributed by atoms with Gasteiger partial charge in [-0.2, -0.15) is 9.40 Å². The maximum atomic E-state index is 12.6. The van der Waals surface area contributed by atoms with Crippen LogP contribution in [0.15, 0.2) is 17.3 Å². The van der Waals surface area contributed by atoms with Gasteiger partial charge in [-0.1, -0.05) is 13.3 Å². The Morgan fingerprint density at radius 3 is 2.84 bits per heavy atom. The fourth-order valence-corrected chi connectivity index (χ4v) is 3.72. The Bertz CT molecular complexity index is 508. The van der Waals surface area contributed by atoms with Gasteiger partial charge in [0.2, 0.25) is 10.0 Å². The summed E-state index contributed by atoms with van der Waals surface area (Å²) in [5.41, 5.74) is 5.44. The van der Waals surface area contributed by atoms with Crippen molar-refractivity contribution in [1.82, 2.24) is 14.1 Å². The van der Waals surface area contributed by atoms with Crippen LogP contribution in [0.1, 0.15) is 32.6 Å². The normalized spacial score (nSPS) is 16.2. The molecule has 7 heteroatoms. The van der Waals surface area contributed by atoms with Crippen molar-refractivity contribution in [2.45, 2.75) is 50.1 Å². The lowest BCUT2D eigenvalue weighted by Crippen LogP contribution is -2.33. The van der Waals surface area contributed by atoms with Gasteiger partial charge in [-0.25, -0.2) is 8.42 Å². The van der Waals surface area contributed by atoms with Crippen molar-refractivity contribution in [3.8, 4) is 0 Å². The molecule has 1 aromatic heterocycles. The first-order valence-electron chi connectivity index (χ1n) is 6.84. The summed E-state index contributed by atoms with van der Waals surface area (Å²) in [5.74, 6) is 0. The molecule has 0 saturated heterocycles. The molecule has 0 amide bonds. The lowest BCUT2D eigenvalue weighted by Gasteiger charge is -2.20. The molecule has 0 atom stereocenters. The van der Waals surface area contributed by atoms with Gasteiger partial charge in [-0.3, -0.25) is 4.68 Å². The SMILES string of the molecule is CCCCN(C1CC1)S(=O)(=O)c1cnn(CCN)c1. The molecule has 2 rings (SSSR count). The molecule has 0 aliphatic heterocycles. The summed E-state index contributed by atoms with van der Waals surface area (Å²) in [4.78, 5) is 0.281. The van der Waals surface area contributed by atoms with Crippen molar-refractivity contribution in [2.24, 2.45) is 5.73 Å². The highest BCUT2D eigenvalue weighted by Gasteiger charge is 2.38. The molecule has 0 bridgehead atoms. The first-order valence-corrected chi connectivity index (χ1v) is 8.28. The minimum Gasteiger partial charge on any atom is -0.329 e. The number of aromatic nitrogens is 2. The Balaban J connectivity index is 2.17. The van der Waals surface area contributed by atoms with E-state index in [9.17, 15) is 8.42 Å². The fourth-order valence-electron chi connectivity index (χ4n) is 2.04. The molecular formula is C12H22N4O2S. The second-order valence-corrected chi connectivity index (χ2v) is 6.82. The zero-order valence-corrected chi connectivity index (χ0v) is 12.1. The largest absolute Gasteiger partial charge is 0.329 e. The Morgan fingerprint density at radius 1 is 1.53 bits per heavy atom.